The Balaban J connectivity index is 2.20. The molecule has 1 amide bonds. The van der Waals surface area contributed by atoms with Gasteiger partial charge in [0, 0.05) is 19.6 Å². The average Bonchev–Trinajstić information content (AvgIpc) is 2.77. The summed E-state index contributed by atoms with van der Waals surface area (Å²) in [6.07, 6.45) is 3.11. The molecule has 0 saturated heterocycles. The van der Waals surface area contributed by atoms with Crippen molar-refractivity contribution in [3.05, 3.63) is 0 Å². The first-order valence-electron chi connectivity index (χ1n) is 6.33. The second-order valence-electron chi connectivity index (χ2n) is 4.72. The van der Waals surface area contributed by atoms with Crippen LogP contribution in [0.2, 0.25) is 0 Å². The zero-order valence-electron chi connectivity index (χ0n) is 10.5. The molecule has 1 aliphatic rings. The van der Waals surface area contributed by atoms with E-state index in [2.05, 4.69) is 5.32 Å². The Labute approximate surface area is 103 Å². The molecule has 0 aromatic heterocycles. The van der Waals surface area contributed by atoms with Gasteiger partial charge < -0.3 is 20.9 Å². The minimum Gasteiger partial charge on any atom is -0.391 e. The fraction of sp³-hybridized carbons (Fsp3) is 0.917. The van der Waals surface area contributed by atoms with Crippen molar-refractivity contribution in [1.29, 1.82) is 0 Å². The number of ether oxygens (including phenoxy) is 1. The van der Waals surface area contributed by atoms with Crippen LogP contribution in [-0.2, 0) is 9.53 Å². The fourth-order valence-electron chi connectivity index (χ4n) is 2.43. The maximum atomic E-state index is 11.9. The van der Waals surface area contributed by atoms with E-state index in [-0.39, 0.29) is 11.8 Å². The zero-order chi connectivity index (χ0) is 12.7. The highest BCUT2D eigenvalue weighted by Crippen LogP contribution is 2.30. The smallest absolute Gasteiger partial charge is 0.223 e. The van der Waals surface area contributed by atoms with Crippen molar-refractivity contribution >= 4 is 5.91 Å². The summed E-state index contributed by atoms with van der Waals surface area (Å²) >= 11 is 0. The van der Waals surface area contributed by atoms with Gasteiger partial charge in [0.2, 0.25) is 5.91 Å². The van der Waals surface area contributed by atoms with Gasteiger partial charge in [0.05, 0.1) is 12.7 Å². The molecule has 100 valence electrons. The van der Waals surface area contributed by atoms with E-state index in [1.54, 1.807) is 7.11 Å². The van der Waals surface area contributed by atoms with Crippen molar-refractivity contribution in [3.8, 4) is 0 Å². The Morgan fingerprint density at radius 1 is 1.59 bits per heavy atom. The number of aliphatic hydroxyl groups is 1. The molecule has 0 aliphatic heterocycles. The van der Waals surface area contributed by atoms with Gasteiger partial charge in [-0.1, -0.05) is 6.42 Å². The molecular formula is C12H24N2O3. The van der Waals surface area contributed by atoms with Gasteiger partial charge in [-0.25, -0.2) is 0 Å². The highest BCUT2D eigenvalue weighted by Gasteiger charge is 2.31. The summed E-state index contributed by atoms with van der Waals surface area (Å²) in [5.74, 6) is 0.487. The van der Waals surface area contributed by atoms with E-state index in [0.717, 1.165) is 19.3 Å². The lowest BCUT2D eigenvalue weighted by molar-refractivity contribution is -0.126. The molecular weight excluding hydrogens is 220 g/mol. The lowest BCUT2D eigenvalue weighted by Gasteiger charge is -2.18. The standard InChI is InChI=1S/C12H24N2O3/c1-17-8-10(15)5-6-14-12(16)11-4-2-3-9(11)7-13/h9-11,15H,2-8,13H2,1H3,(H,14,16). The normalized spacial score (nSPS) is 25.8. The molecule has 0 aromatic rings. The molecule has 17 heavy (non-hydrogen) atoms. The van der Waals surface area contributed by atoms with E-state index in [1.807, 2.05) is 0 Å². The summed E-state index contributed by atoms with van der Waals surface area (Å²) in [5.41, 5.74) is 5.64. The first kappa shape index (κ1) is 14.4. The minimum atomic E-state index is -0.505. The van der Waals surface area contributed by atoms with E-state index >= 15 is 0 Å². The van der Waals surface area contributed by atoms with Crippen molar-refractivity contribution in [2.75, 3.05) is 26.8 Å². The molecule has 0 radical (unpaired) electrons. The van der Waals surface area contributed by atoms with Crippen LogP contribution >= 0.6 is 0 Å². The Hall–Kier alpha value is -0.650. The zero-order valence-corrected chi connectivity index (χ0v) is 10.5. The molecule has 0 aromatic carbocycles. The molecule has 5 heteroatoms. The number of amides is 1. The second kappa shape index (κ2) is 7.63. The summed E-state index contributed by atoms with van der Waals surface area (Å²) in [6.45, 7) is 1.40. The highest BCUT2D eigenvalue weighted by molar-refractivity contribution is 5.79. The van der Waals surface area contributed by atoms with Crippen LogP contribution in [0.15, 0.2) is 0 Å². The molecule has 0 bridgehead atoms. The average molecular weight is 244 g/mol. The number of methoxy groups -OCH3 is 1. The number of rotatable bonds is 7. The molecule has 1 fully saturated rings. The van der Waals surface area contributed by atoms with Gasteiger partial charge in [0.1, 0.15) is 0 Å². The molecule has 5 nitrogen and oxygen atoms in total. The van der Waals surface area contributed by atoms with Crippen molar-refractivity contribution in [1.82, 2.24) is 5.32 Å². The molecule has 3 atom stereocenters. The highest BCUT2D eigenvalue weighted by atomic mass is 16.5. The number of carbonyl (C=O) groups is 1. The third-order valence-electron chi connectivity index (χ3n) is 3.43. The van der Waals surface area contributed by atoms with Gasteiger partial charge in [-0.15, -0.1) is 0 Å². The summed E-state index contributed by atoms with van der Waals surface area (Å²) in [5, 5.41) is 12.3. The maximum Gasteiger partial charge on any atom is 0.223 e. The number of aliphatic hydroxyl groups excluding tert-OH is 1. The van der Waals surface area contributed by atoms with E-state index in [9.17, 15) is 9.90 Å². The van der Waals surface area contributed by atoms with Crippen LogP contribution in [0.1, 0.15) is 25.7 Å². The summed E-state index contributed by atoms with van der Waals surface area (Å²) < 4.78 is 4.82. The molecule has 0 heterocycles. The predicted octanol–water partition coefficient (Wildman–Crippen LogP) is -0.125. The van der Waals surface area contributed by atoms with Gasteiger partial charge in [-0.05, 0) is 31.7 Å². The van der Waals surface area contributed by atoms with Gasteiger partial charge in [-0.2, -0.15) is 0 Å². The molecule has 4 N–H and O–H groups in total. The molecule has 1 aliphatic carbocycles. The minimum absolute atomic E-state index is 0.0690. The van der Waals surface area contributed by atoms with Crippen LogP contribution in [0.5, 0.6) is 0 Å². The van der Waals surface area contributed by atoms with E-state index in [0.29, 0.717) is 32.0 Å². The Morgan fingerprint density at radius 3 is 3.00 bits per heavy atom. The van der Waals surface area contributed by atoms with Crippen LogP contribution in [0.4, 0.5) is 0 Å². The van der Waals surface area contributed by atoms with Gasteiger partial charge >= 0.3 is 0 Å². The second-order valence-corrected chi connectivity index (χ2v) is 4.72. The first-order chi connectivity index (χ1) is 8.19. The number of hydrogen-bond acceptors (Lipinski definition) is 4. The van der Waals surface area contributed by atoms with Crippen LogP contribution in [0, 0.1) is 11.8 Å². The van der Waals surface area contributed by atoms with Crippen molar-refractivity contribution in [2.45, 2.75) is 31.8 Å². The molecule has 3 unspecified atom stereocenters. The van der Waals surface area contributed by atoms with Gasteiger partial charge in [0.15, 0.2) is 0 Å². The summed E-state index contributed by atoms with van der Waals surface area (Å²) in [7, 11) is 1.55. The van der Waals surface area contributed by atoms with Gasteiger partial charge in [-0.3, -0.25) is 4.79 Å². The Morgan fingerprint density at radius 2 is 2.35 bits per heavy atom. The quantitative estimate of drug-likeness (QED) is 0.582. The first-order valence-corrected chi connectivity index (χ1v) is 6.33. The summed E-state index contributed by atoms with van der Waals surface area (Å²) in [6, 6.07) is 0. The Kier molecular flexibility index (Phi) is 6.47. The van der Waals surface area contributed by atoms with Crippen LogP contribution < -0.4 is 11.1 Å². The van der Waals surface area contributed by atoms with Crippen molar-refractivity contribution in [2.24, 2.45) is 17.6 Å². The van der Waals surface area contributed by atoms with E-state index in [4.69, 9.17) is 10.5 Å². The lowest BCUT2D eigenvalue weighted by atomic mass is 9.95. The van der Waals surface area contributed by atoms with E-state index < -0.39 is 6.10 Å². The number of carbonyl (C=O) groups excluding carboxylic acids is 1. The molecule has 1 saturated carbocycles. The van der Waals surface area contributed by atoms with Crippen molar-refractivity contribution < 1.29 is 14.6 Å². The van der Waals surface area contributed by atoms with Gasteiger partial charge in [0.25, 0.3) is 0 Å². The third kappa shape index (κ3) is 4.61. The monoisotopic (exact) mass is 244 g/mol. The summed E-state index contributed by atoms with van der Waals surface area (Å²) in [4.78, 5) is 11.9. The van der Waals surface area contributed by atoms with Crippen molar-refractivity contribution in [3.63, 3.8) is 0 Å². The molecule has 1 rings (SSSR count). The predicted molar refractivity (Wildman–Crippen MR) is 65.4 cm³/mol. The number of nitrogens with two attached hydrogens (primary N) is 1. The van der Waals surface area contributed by atoms with Crippen LogP contribution in [0.25, 0.3) is 0 Å². The number of hydrogen-bond donors (Lipinski definition) is 3. The fourth-order valence-corrected chi connectivity index (χ4v) is 2.43. The maximum absolute atomic E-state index is 11.9. The topological polar surface area (TPSA) is 84.6 Å². The SMILES string of the molecule is COCC(O)CCNC(=O)C1CCCC1CN. The largest absolute Gasteiger partial charge is 0.391 e. The molecule has 0 spiro atoms. The van der Waals surface area contributed by atoms with E-state index in [1.165, 1.54) is 0 Å². The van der Waals surface area contributed by atoms with Crippen LogP contribution in [-0.4, -0.2) is 43.9 Å². The lowest BCUT2D eigenvalue weighted by Crippen LogP contribution is -2.36. The Bertz CT molecular complexity index is 236. The number of nitrogens with one attached hydrogen (secondary N) is 1. The van der Waals surface area contributed by atoms with Crippen LogP contribution in [0.3, 0.4) is 0 Å². The third-order valence-corrected chi connectivity index (χ3v) is 3.43.